The highest BCUT2D eigenvalue weighted by Crippen LogP contribution is 2.28. The molecule has 0 unspecified atom stereocenters. The van der Waals surface area contributed by atoms with Crippen LogP contribution in [0.15, 0.2) is 34.2 Å². The summed E-state index contributed by atoms with van der Waals surface area (Å²) in [6, 6.07) is 7.33. The maximum Gasteiger partial charge on any atom is 0.240 e. The van der Waals surface area contributed by atoms with Gasteiger partial charge < -0.3 is 9.84 Å². The maximum absolute atomic E-state index is 12.0. The number of aromatic nitrogens is 3. The van der Waals surface area contributed by atoms with Crippen molar-refractivity contribution in [3.05, 3.63) is 46.3 Å². The van der Waals surface area contributed by atoms with Gasteiger partial charge in [-0.05, 0) is 19.1 Å². The summed E-state index contributed by atoms with van der Waals surface area (Å²) in [4.78, 5) is 22.8. The Bertz CT molecular complexity index is 935. The molecule has 0 saturated carbocycles. The molecule has 1 aliphatic rings. The number of benzene rings is 1. The van der Waals surface area contributed by atoms with E-state index in [1.54, 1.807) is 12.1 Å². The van der Waals surface area contributed by atoms with Gasteiger partial charge in [0.1, 0.15) is 0 Å². The molecule has 26 heavy (non-hydrogen) atoms. The van der Waals surface area contributed by atoms with Crippen molar-refractivity contribution >= 4 is 34.0 Å². The van der Waals surface area contributed by atoms with E-state index in [1.807, 2.05) is 29.3 Å². The Morgan fingerprint density at radius 1 is 1.42 bits per heavy atom. The fourth-order valence-electron chi connectivity index (χ4n) is 2.77. The highest BCUT2D eigenvalue weighted by atomic mass is 35.5. The largest absolute Gasteiger partial charge is 0.339 e. The number of hydrogen-bond acceptors (Lipinski definition) is 7. The summed E-state index contributed by atoms with van der Waals surface area (Å²) in [6.45, 7) is 3.64. The summed E-state index contributed by atoms with van der Waals surface area (Å²) >= 11 is 7.42. The molecule has 1 N–H and O–H groups in total. The molecular formula is C17H16ClN5O2S. The smallest absolute Gasteiger partial charge is 0.240 e. The van der Waals surface area contributed by atoms with Gasteiger partial charge >= 0.3 is 0 Å². The molecule has 134 valence electrons. The Labute approximate surface area is 159 Å². The van der Waals surface area contributed by atoms with E-state index in [4.69, 9.17) is 16.1 Å². The van der Waals surface area contributed by atoms with Gasteiger partial charge in [-0.3, -0.25) is 9.69 Å². The van der Waals surface area contributed by atoms with Crippen LogP contribution in [0.4, 0.5) is 5.13 Å². The highest BCUT2D eigenvalue weighted by Gasteiger charge is 2.33. The van der Waals surface area contributed by atoms with E-state index in [9.17, 15) is 4.79 Å². The van der Waals surface area contributed by atoms with Crippen molar-refractivity contribution in [1.82, 2.24) is 20.0 Å². The first-order valence-corrected chi connectivity index (χ1v) is 9.36. The molecule has 0 atom stereocenters. The van der Waals surface area contributed by atoms with E-state index < -0.39 is 0 Å². The van der Waals surface area contributed by atoms with E-state index in [2.05, 4.69) is 20.4 Å². The second-order valence-electron chi connectivity index (χ2n) is 6.20. The molecule has 9 heteroatoms. The number of nitrogens with zero attached hydrogens (tertiary/aromatic N) is 4. The van der Waals surface area contributed by atoms with E-state index in [0.717, 1.165) is 11.3 Å². The fourth-order valence-corrected chi connectivity index (χ4v) is 3.67. The summed E-state index contributed by atoms with van der Waals surface area (Å²) in [5, 5.41) is 10.0. The number of aryl methyl sites for hydroxylation is 1. The average molecular weight is 390 g/mol. The Morgan fingerprint density at radius 3 is 3.00 bits per heavy atom. The third kappa shape index (κ3) is 3.77. The minimum Gasteiger partial charge on any atom is -0.339 e. The highest BCUT2D eigenvalue weighted by molar-refractivity contribution is 7.13. The molecule has 1 amide bonds. The standard InChI is InChI=1S/C17H16ClN5O2S/c1-10-9-26-17(19-10)20-14(24)8-23-6-12(7-23)16-21-15(22-25-16)11-3-2-4-13(18)5-11/h2-5,9,12H,6-8H2,1H3,(H,19,20,24). The first kappa shape index (κ1) is 17.1. The third-order valence-electron chi connectivity index (χ3n) is 4.06. The van der Waals surface area contributed by atoms with Crippen LogP contribution >= 0.6 is 22.9 Å². The molecule has 0 aliphatic carbocycles. The van der Waals surface area contributed by atoms with Crippen LogP contribution in [-0.2, 0) is 4.79 Å². The number of likely N-dealkylation sites (tertiary alicyclic amines) is 1. The number of nitrogens with one attached hydrogen (secondary N) is 1. The minimum absolute atomic E-state index is 0.0667. The van der Waals surface area contributed by atoms with Crippen LogP contribution in [-0.4, -0.2) is 45.6 Å². The molecule has 0 spiro atoms. The summed E-state index contributed by atoms with van der Waals surface area (Å²) in [7, 11) is 0. The van der Waals surface area contributed by atoms with Crippen LogP contribution in [0.5, 0.6) is 0 Å². The molecule has 3 aromatic rings. The lowest BCUT2D eigenvalue weighted by Gasteiger charge is -2.36. The van der Waals surface area contributed by atoms with Crippen molar-refractivity contribution in [2.45, 2.75) is 12.8 Å². The maximum atomic E-state index is 12.0. The monoisotopic (exact) mass is 389 g/mol. The Morgan fingerprint density at radius 2 is 2.27 bits per heavy atom. The van der Waals surface area contributed by atoms with Gasteiger partial charge in [0.05, 0.1) is 18.2 Å². The predicted molar refractivity (Wildman–Crippen MR) is 99.4 cm³/mol. The lowest BCUT2D eigenvalue weighted by molar-refractivity contribution is -0.118. The third-order valence-corrected chi connectivity index (χ3v) is 5.17. The van der Waals surface area contributed by atoms with Gasteiger partial charge in [-0.2, -0.15) is 4.98 Å². The molecule has 2 aromatic heterocycles. The van der Waals surface area contributed by atoms with Crippen LogP contribution in [0, 0.1) is 6.92 Å². The molecule has 1 saturated heterocycles. The summed E-state index contributed by atoms with van der Waals surface area (Å²) in [6.07, 6.45) is 0. The topological polar surface area (TPSA) is 84.2 Å². The predicted octanol–water partition coefficient (Wildman–Crippen LogP) is 3.19. The Kier molecular flexibility index (Phi) is 4.71. The van der Waals surface area contributed by atoms with E-state index in [1.165, 1.54) is 11.3 Å². The van der Waals surface area contributed by atoms with E-state index in [-0.39, 0.29) is 11.8 Å². The Hall–Kier alpha value is -2.29. The van der Waals surface area contributed by atoms with Crippen molar-refractivity contribution in [2.75, 3.05) is 25.0 Å². The van der Waals surface area contributed by atoms with Crippen LogP contribution in [0.25, 0.3) is 11.4 Å². The lowest BCUT2D eigenvalue weighted by atomic mass is 10.0. The van der Waals surface area contributed by atoms with Crippen molar-refractivity contribution in [2.24, 2.45) is 0 Å². The van der Waals surface area contributed by atoms with Gasteiger partial charge in [-0.1, -0.05) is 28.9 Å². The second kappa shape index (κ2) is 7.14. The zero-order chi connectivity index (χ0) is 18.1. The number of anilines is 1. The number of thiazole rings is 1. The molecule has 3 heterocycles. The molecule has 0 radical (unpaired) electrons. The van der Waals surface area contributed by atoms with Crippen LogP contribution in [0.3, 0.4) is 0 Å². The van der Waals surface area contributed by atoms with Gasteiger partial charge in [0.15, 0.2) is 5.13 Å². The SMILES string of the molecule is Cc1csc(NC(=O)CN2CC(c3nc(-c4cccc(Cl)c4)no3)C2)n1. The molecular weight excluding hydrogens is 374 g/mol. The van der Waals surface area contributed by atoms with Gasteiger partial charge in [-0.25, -0.2) is 4.98 Å². The average Bonchev–Trinajstić information content (AvgIpc) is 3.20. The van der Waals surface area contributed by atoms with Crippen molar-refractivity contribution < 1.29 is 9.32 Å². The molecule has 1 aliphatic heterocycles. The normalized spacial score (nSPS) is 15.0. The first-order chi connectivity index (χ1) is 12.6. The molecule has 4 rings (SSSR count). The molecule has 1 aromatic carbocycles. The molecule has 7 nitrogen and oxygen atoms in total. The number of hydrogen-bond donors (Lipinski definition) is 1. The van der Waals surface area contributed by atoms with Crippen LogP contribution in [0.2, 0.25) is 5.02 Å². The fraction of sp³-hybridized carbons (Fsp3) is 0.294. The van der Waals surface area contributed by atoms with Gasteiger partial charge in [0.25, 0.3) is 0 Å². The number of carbonyl (C=O) groups is 1. The Balaban J connectivity index is 1.30. The number of amides is 1. The molecule has 1 fully saturated rings. The van der Waals surface area contributed by atoms with Crippen molar-refractivity contribution in [3.63, 3.8) is 0 Å². The number of halogens is 1. The summed E-state index contributed by atoms with van der Waals surface area (Å²) in [5.74, 6) is 1.19. The quantitative estimate of drug-likeness (QED) is 0.721. The van der Waals surface area contributed by atoms with Gasteiger partial charge in [0.2, 0.25) is 17.6 Å². The number of rotatable bonds is 5. The second-order valence-corrected chi connectivity index (χ2v) is 7.49. The number of carbonyl (C=O) groups excluding carboxylic acids is 1. The van der Waals surface area contributed by atoms with Gasteiger partial charge in [-0.15, -0.1) is 11.3 Å². The van der Waals surface area contributed by atoms with E-state index in [0.29, 0.717) is 41.5 Å². The molecule has 0 bridgehead atoms. The zero-order valence-electron chi connectivity index (χ0n) is 14.0. The minimum atomic E-state index is -0.0667. The van der Waals surface area contributed by atoms with Crippen LogP contribution in [0.1, 0.15) is 17.5 Å². The van der Waals surface area contributed by atoms with Crippen LogP contribution < -0.4 is 5.32 Å². The van der Waals surface area contributed by atoms with E-state index >= 15 is 0 Å². The van der Waals surface area contributed by atoms with Crippen molar-refractivity contribution in [3.8, 4) is 11.4 Å². The van der Waals surface area contributed by atoms with Crippen molar-refractivity contribution in [1.29, 1.82) is 0 Å². The summed E-state index contributed by atoms with van der Waals surface area (Å²) in [5.41, 5.74) is 1.73. The van der Waals surface area contributed by atoms with Gasteiger partial charge in [0, 0.05) is 29.1 Å². The summed E-state index contributed by atoms with van der Waals surface area (Å²) < 4.78 is 5.37. The zero-order valence-corrected chi connectivity index (χ0v) is 15.5. The lowest BCUT2D eigenvalue weighted by Crippen LogP contribution is -2.48. The first-order valence-electron chi connectivity index (χ1n) is 8.11.